The molecular weight excluding hydrogens is 324 g/mol. The summed E-state index contributed by atoms with van der Waals surface area (Å²) < 4.78 is 10.8. The maximum absolute atomic E-state index is 5.39. The van der Waals surface area contributed by atoms with Crippen LogP contribution in [0.4, 0.5) is 0 Å². The van der Waals surface area contributed by atoms with Crippen molar-refractivity contribution in [2.45, 2.75) is 0 Å². The lowest BCUT2D eigenvalue weighted by atomic mass is 10.1. The molecule has 0 amide bonds. The van der Waals surface area contributed by atoms with Crippen molar-refractivity contribution in [3.05, 3.63) is 72.8 Å². The first kappa shape index (κ1) is 16.1. The second kappa shape index (κ2) is 6.84. The van der Waals surface area contributed by atoms with Gasteiger partial charge in [0.05, 0.1) is 25.4 Å². The van der Waals surface area contributed by atoms with Crippen LogP contribution in [0.25, 0.3) is 33.5 Å². The molecule has 4 nitrogen and oxygen atoms in total. The molecule has 128 valence electrons. The largest absolute Gasteiger partial charge is 0.497 e. The minimum absolute atomic E-state index is 0.639. The zero-order valence-corrected chi connectivity index (χ0v) is 14.6. The quantitative estimate of drug-likeness (QED) is 0.524. The second-order valence-electron chi connectivity index (χ2n) is 5.88. The number of para-hydroxylation sites is 1. The Bertz CT molecular complexity index is 1040. The summed E-state index contributed by atoms with van der Waals surface area (Å²) in [7, 11) is 3.27. The summed E-state index contributed by atoms with van der Waals surface area (Å²) in [6.07, 6.45) is 0. The molecule has 0 fully saturated rings. The SMILES string of the molecule is COc1cc(OC)cc(-c2nc(-c3ccccc3)c3ccccc3n2)c1. The third kappa shape index (κ3) is 2.97. The second-order valence-corrected chi connectivity index (χ2v) is 5.88. The molecule has 0 aliphatic rings. The number of fused-ring (bicyclic) bond motifs is 1. The van der Waals surface area contributed by atoms with Gasteiger partial charge in [-0.3, -0.25) is 0 Å². The third-order valence-corrected chi connectivity index (χ3v) is 4.26. The highest BCUT2D eigenvalue weighted by molar-refractivity contribution is 5.93. The van der Waals surface area contributed by atoms with Gasteiger partial charge in [0.25, 0.3) is 0 Å². The fourth-order valence-electron chi connectivity index (χ4n) is 2.96. The predicted octanol–water partition coefficient (Wildman–Crippen LogP) is 4.98. The summed E-state index contributed by atoms with van der Waals surface area (Å²) in [5.41, 5.74) is 3.72. The van der Waals surface area contributed by atoms with Gasteiger partial charge in [-0.2, -0.15) is 0 Å². The van der Waals surface area contributed by atoms with E-state index < -0.39 is 0 Å². The van der Waals surface area contributed by atoms with Crippen molar-refractivity contribution in [1.29, 1.82) is 0 Å². The summed E-state index contributed by atoms with van der Waals surface area (Å²) in [5, 5.41) is 1.03. The molecular formula is C22H18N2O2. The van der Waals surface area contributed by atoms with Crippen LogP contribution in [-0.4, -0.2) is 24.2 Å². The Hall–Kier alpha value is -3.40. The molecule has 4 heteroatoms. The number of nitrogens with zero attached hydrogens (tertiary/aromatic N) is 2. The van der Waals surface area contributed by atoms with Crippen LogP contribution >= 0.6 is 0 Å². The molecule has 0 saturated carbocycles. The highest BCUT2D eigenvalue weighted by Crippen LogP contribution is 2.32. The summed E-state index contributed by atoms with van der Waals surface area (Å²) >= 11 is 0. The number of rotatable bonds is 4. The average molecular weight is 342 g/mol. The number of hydrogen-bond donors (Lipinski definition) is 0. The first-order valence-corrected chi connectivity index (χ1v) is 8.34. The summed E-state index contributed by atoms with van der Waals surface area (Å²) in [6.45, 7) is 0. The van der Waals surface area contributed by atoms with Crippen LogP contribution in [0.15, 0.2) is 72.8 Å². The molecule has 1 heterocycles. The Morgan fingerprint density at radius 2 is 1.31 bits per heavy atom. The zero-order chi connectivity index (χ0) is 17.9. The maximum atomic E-state index is 5.39. The van der Waals surface area contributed by atoms with E-state index in [1.807, 2.05) is 60.7 Å². The van der Waals surface area contributed by atoms with Gasteiger partial charge in [0.1, 0.15) is 11.5 Å². The summed E-state index contributed by atoms with van der Waals surface area (Å²) in [4.78, 5) is 9.63. The Morgan fingerprint density at radius 1 is 0.654 bits per heavy atom. The molecule has 0 atom stereocenters. The lowest BCUT2D eigenvalue weighted by Crippen LogP contribution is -1.96. The fourth-order valence-corrected chi connectivity index (χ4v) is 2.96. The van der Waals surface area contributed by atoms with Gasteiger partial charge >= 0.3 is 0 Å². The van der Waals surface area contributed by atoms with Gasteiger partial charge < -0.3 is 9.47 Å². The molecule has 0 saturated heterocycles. The van der Waals surface area contributed by atoms with Crippen molar-refractivity contribution < 1.29 is 9.47 Å². The number of aromatic nitrogens is 2. The van der Waals surface area contributed by atoms with Crippen LogP contribution in [0, 0.1) is 0 Å². The lowest BCUT2D eigenvalue weighted by molar-refractivity contribution is 0.394. The molecule has 1 aromatic heterocycles. The van der Waals surface area contributed by atoms with Crippen LogP contribution in [0.3, 0.4) is 0 Å². The number of ether oxygens (including phenoxy) is 2. The Morgan fingerprint density at radius 3 is 2.00 bits per heavy atom. The molecule has 0 N–H and O–H groups in total. The van der Waals surface area contributed by atoms with Crippen LogP contribution in [0.1, 0.15) is 0 Å². The number of methoxy groups -OCH3 is 2. The summed E-state index contributed by atoms with van der Waals surface area (Å²) in [6, 6.07) is 23.9. The molecule has 0 aliphatic heterocycles. The summed E-state index contributed by atoms with van der Waals surface area (Å²) in [5.74, 6) is 2.05. The molecule has 4 aromatic rings. The van der Waals surface area contributed by atoms with Crippen molar-refractivity contribution in [3.63, 3.8) is 0 Å². The molecule has 3 aromatic carbocycles. The smallest absolute Gasteiger partial charge is 0.160 e. The van der Waals surface area contributed by atoms with E-state index >= 15 is 0 Å². The van der Waals surface area contributed by atoms with E-state index in [2.05, 4.69) is 12.1 Å². The van der Waals surface area contributed by atoms with Crippen molar-refractivity contribution in [2.75, 3.05) is 14.2 Å². The van der Waals surface area contributed by atoms with Gasteiger partial charge in [0, 0.05) is 22.6 Å². The van der Waals surface area contributed by atoms with Crippen LogP contribution in [-0.2, 0) is 0 Å². The highest BCUT2D eigenvalue weighted by Gasteiger charge is 2.12. The molecule has 0 bridgehead atoms. The Kier molecular flexibility index (Phi) is 4.23. The fraction of sp³-hybridized carbons (Fsp3) is 0.0909. The maximum Gasteiger partial charge on any atom is 0.160 e. The van der Waals surface area contributed by atoms with Gasteiger partial charge in [0.15, 0.2) is 5.82 Å². The van der Waals surface area contributed by atoms with Crippen molar-refractivity contribution in [2.24, 2.45) is 0 Å². The van der Waals surface area contributed by atoms with E-state index in [9.17, 15) is 0 Å². The highest BCUT2D eigenvalue weighted by atomic mass is 16.5. The van der Waals surface area contributed by atoms with E-state index in [4.69, 9.17) is 19.4 Å². The Labute approximate surface area is 152 Å². The first-order chi connectivity index (χ1) is 12.8. The molecule has 4 rings (SSSR count). The normalized spacial score (nSPS) is 10.7. The zero-order valence-electron chi connectivity index (χ0n) is 14.6. The van der Waals surface area contributed by atoms with Gasteiger partial charge in [0.2, 0.25) is 0 Å². The van der Waals surface area contributed by atoms with Crippen molar-refractivity contribution in [1.82, 2.24) is 9.97 Å². The third-order valence-electron chi connectivity index (χ3n) is 4.26. The molecule has 26 heavy (non-hydrogen) atoms. The van der Waals surface area contributed by atoms with Crippen LogP contribution < -0.4 is 9.47 Å². The van der Waals surface area contributed by atoms with Crippen LogP contribution in [0.2, 0.25) is 0 Å². The van der Waals surface area contributed by atoms with Crippen LogP contribution in [0.5, 0.6) is 11.5 Å². The van der Waals surface area contributed by atoms with E-state index in [-0.39, 0.29) is 0 Å². The Balaban J connectivity index is 1.97. The minimum atomic E-state index is 0.639. The van der Waals surface area contributed by atoms with Gasteiger partial charge in [-0.25, -0.2) is 9.97 Å². The van der Waals surface area contributed by atoms with E-state index in [1.165, 1.54) is 0 Å². The molecule has 0 radical (unpaired) electrons. The lowest BCUT2D eigenvalue weighted by Gasteiger charge is -2.11. The number of hydrogen-bond acceptors (Lipinski definition) is 4. The van der Waals surface area contributed by atoms with E-state index in [0.29, 0.717) is 17.3 Å². The molecule has 0 aliphatic carbocycles. The predicted molar refractivity (Wildman–Crippen MR) is 104 cm³/mol. The van der Waals surface area contributed by atoms with E-state index in [1.54, 1.807) is 14.2 Å². The standard InChI is InChI=1S/C22H18N2O2/c1-25-17-12-16(13-18(14-17)26-2)22-23-20-11-7-6-10-19(20)21(24-22)15-8-4-3-5-9-15/h3-14H,1-2H3. The topological polar surface area (TPSA) is 44.2 Å². The monoisotopic (exact) mass is 342 g/mol. The molecule has 0 spiro atoms. The molecule has 0 unspecified atom stereocenters. The van der Waals surface area contributed by atoms with E-state index in [0.717, 1.165) is 27.7 Å². The minimum Gasteiger partial charge on any atom is -0.497 e. The van der Waals surface area contributed by atoms with Crippen molar-refractivity contribution >= 4 is 10.9 Å². The average Bonchev–Trinajstić information content (AvgIpc) is 2.73. The first-order valence-electron chi connectivity index (χ1n) is 8.34. The van der Waals surface area contributed by atoms with Gasteiger partial charge in [-0.05, 0) is 18.2 Å². The number of benzene rings is 3. The van der Waals surface area contributed by atoms with Gasteiger partial charge in [-0.15, -0.1) is 0 Å². The van der Waals surface area contributed by atoms with Gasteiger partial charge in [-0.1, -0.05) is 48.5 Å². The van der Waals surface area contributed by atoms with Crippen molar-refractivity contribution in [3.8, 4) is 34.1 Å².